The van der Waals surface area contributed by atoms with E-state index in [2.05, 4.69) is 65.4 Å². The molecule has 2 heteroatoms. The first kappa shape index (κ1) is 14.1. The minimum absolute atomic E-state index is 0.516. The van der Waals surface area contributed by atoms with Crippen molar-refractivity contribution in [1.29, 1.82) is 0 Å². The van der Waals surface area contributed by atoms with Crippen LogP contribution in [0.2, 0.25) is 0 Å². The number of hydrogen-bond acceptors (Lipinski definition) is 1. The van der Waals surface area contributed by atoms with Crippen molar-refractivity contribution in [1.82, 2.24) is 5.32 Å². The number of rotatable bonds is 3. The number of hydrogen-bond donors (Lipinski definition) is 1. The molecule has 0 spiro atoms. The van der Waals surface area contributed by atoms with Crippen molar-refractivity contribution in [2.45, 2.75) is 45.1 Å². The molecule has 1 aliphatic carbocycles. The summed E-state index contributed by atoms with van der Waals surface area (Å²) >= 11 is 3.76. The van der Waals surface area contributed by atoms with Crippen LogP contribution < -0.4 is 5.32 Å². The quantitative estimate of drug-likeness (QED) is 0.778. The van der Waals surface area contributed by atoms with Gasteiger partial charge in [0.15, 0.2) is 0 Å². The molecule has 2 aromatic carbocycles. The lowest BCUT2D eigenvalue weighted by Crippen LogP contribution is -2.27. The zero-order chi connectivity index (χ0) is 14.1. The standard InChI is InChI=1S/C18H22BrN/c1-3-10-20-17-9-8-12(2)18-14-7-5-4-6-13(14)16(19)11-15(17)18/h4-7,11-12,17,20H,3,8-10H2,1-2H3. The Balaban J connectivity index is 2.17. The molecular weight excluding hydrogens is 310 g/mol. The van der Waals surface area contributed by atoms with Crippen LogP contribution in [0.3, 0.4) is 0 Å². The topological polar surface area (TPSA) is 12.0 Å². The average molecular weight is 332 g/mol. The molecule has 0 amide bonds. The van der Waals surface area contributed by atoms with Crippen molar-refractivity contribution in [3.8, 4) is 0 Å². The Bertz CT molecular complexity index is 620. The number of fused-ring (bicyclic) bond motifs is 3. The summed E-state index contributed by atoms with van der Waals surface area (Å²) in [6.07, 6.45) is 3.72. The second kappa shape index (κ2) is 5.87. The predicted octanol–water partition coefficient (Wildman–Crippen LogP) is 5.54. The lowest BCUT2D eigenvalue weighted by atomic mass is 9.78. The summed E-state index contributed by atoms with van der Waals surface area (Å²) in [4.78, 5) is 0. The molecule has 0 saturated carbocycles. The van der Waals surface area contributed by atoms with E-state index in [9.17, 15) is 0 Å². The van der Waals surface area contributed by atoms with Crippen molar-refractivity contribution in [3.63, 3.8) is 0 Å². The van der Waals surface area contributed by atoms with Crippen molar-refractivity contribution in [2.75, 3.05) is 6.54 Å². The molecule has 106 valence electrons. The van der Waals surface area contributed by atoms with Gasteiger partial charge in [0.1, 0.15) is 0 Å². The van der Waals surface area contributed by atoms with Gasteiger partial charge in [0.2, 0.25) is 0 Å². The van der Waals surface area contributed by atoms with Gasteiger partial charge in [-0.15, -0.1) is 0 Å². The highest BCUT2D eigenvalue weighted by molar-refractivity contribution is 9.10. The van der Waals surface area contributed by atoms with Gasteiger partial charge >= 0.3 is 0 Å². The smallest absolute Gasteiger partial charge is 0.0323 e. The summed E-state index contributed by atoms with van der Waals surface area (Å²) in [5.41, 5.74) is 3.06. The zero-order valence-corrected chi connectivity index (χ0v) is 13.8. The Morgan fingerprint density at radius 2 is 1.95 bits per heavy atom. The molecule has 1 aliphatic rings. The van der Waals surface area contributed by atoms with Crippen LogP contribution in [-0.4, -0.2) is 6.54 Å². The summed E-state index contributed by atoms with van der Waals surface area (Å²) in [7, 11) is 0. The van der Waals surface area contributed by atoms with Crippen LogP contribution in [0.5, 0.6) is 0 Å². The first-order valence-electron chi connectivity index (χ1n) is 7.66. The Morgan fingerprint density at radius 3 is 2.70 bits per heavy atom. The van der Waals surface area contributed by atoms with Crippen molar-refractivity contribution in [2.24, 2.45) is 0 Å². The molecule has 0 aromatic heterocycles. The van der Waals surface area contributed by atoms with Gasteiger partial charge in [-0.3, -0.25) is 0 Å². The zero-order valence-electron chi connectivity index (χ0n) is 12.2. The molecule has 2 atom stereocenters. The van der Waals surface area contributed by atoms with Crippen LogP contribution in [0.4, 0.5) is 0 Å². The largest absolute Gasteiger partial charge is 0.310 e. The van der Waals surface area contributed by atoms with E-state index in [1.54, 1.807) is 5.56 Å². The summed E-state index contributed by atoms with van der Waals surface area (Å²) in [5, 5.41) is 6.48. The maximum Gasteiger partial charge on any atom is 0.0323 e. The summed E-state index contributed by atoms with van der Waals surface area (Å²) in [6, 6.07) is 11.6. The van der Waals surface area contributed by atoms with Crippen LogP contribution in [0, 0.1) is 0 Å². The fourth-order valence-corrected chi connectivity index (χ4v) is 4.05. The maximum atomic E-state index is 3.76. The Hall–Kier alpha value is -0.860. The Morgan fingerprint density at radius 1 is 1.20 bits per heavy atom. The summed E-state index contributed by atoms with van der Waals surface area (Å²) < 4.78 is 1.23. The normalized spacial score (nSPS) is 21.9. The highest BCUT2D eigenvalue weighted by Crippen LogP contribution is 2.43. The van der Waals surface area contributed by atoms with E-state index in [0.717, 1.165) is 6.54 Å². The molecule has 1 nitrogen and oxygen atoms in total. The van der Waals surface area contributed by atoms with Crippen molar-refractivity contribution in [3.05, 3.63) is 45.9 Å². The fourth-order valence-electron chi connectivity index (χ4n) is 3.46. The molecule has 0 radical (unpaired) electrons. The third-order valence-electron chi connectivity index (χ3n) is 4.47. The third kappa shape index (κ3) is 2.40. The lowest BCUT2D eigenvalue weighted by molar-refractivity contribution is 0.434. The first-order chi connectivity index (χ1) is 9.72. The van der Waals surface area contributed by atoms with Gasteiger partial charge in [-0.1, -0.05) is 54.0 Å². The predicted molar refractivity (Wildman–Crippen MR) is 90.3 cm³/mol. The minimum Gasteiger partial charge on any atom is -0.310 e. The van der Waals surface area contributed by atoms with E-state index >= 15 is 0 Å². The van der Waals surface area contributed by atoms with E-state index in [1.807, 2.05) is 0 Å². The highest BCUT2D eigenvalue weighted by atomic mass is 79.9. The monoisotopic (exact) mass is 331 g/mol. The molecular formula is C18H22BrN. The Labute approximate surface area is 129 Å². The maximum absolute atomic E-state index is 3.76. The second-order valence-corrected chi connectivity index (χ2v) is 6.75. The molecule has 1 N–H and O–H groups in total. The second-order valence-electron chi connectivity index (χ2n) is 5.89. The SMILES string of the molecule is CCCNC1CCC(C)c2c1cc(Br)c1ccccc21. The molecule has 3 rings (SSSR count). The fraction of sp³-hybridized carbons (Fsp3) is 0.444. The van der Waals surface area contributed by atoms with Gasteiger partial charge in [0.05, 0.1) is 0 Å². The van der Waals surface area contributed by atoms with E-state index in [-0.39, 0.29) is 0 Å². The molecule has 2 aromatic rings. The molecule has 2 unspecified atom stereocenters. The summed E-state index contributed by atoms with van der Waals surface area (Å²) in [6.45, 7) is 5.70. The van der Waals surface area contributed by atoms with Gasteiger partial charge in [0.25, 0.3) is 0 Å². The molecule has 0 heterocycles. The van der Waals surface area contributed by atoms with Crippen LogP contribution in [0.1, 0.15) is 56.2 Å². The summed E-state index contributed by atoms with van der Waals surface area (Å²) in [5.74, 6) is 0.655. The number of nitrogens with one attached hydrogen (secondary N) is 1. The number of halogens is 1. The molecule has 0 fully saturated rings. The lowest BCUT2D eigenvalue weighted by Gasteiger charge is -2.32. The van der Waals surface area contributed by atoms with Gasteiger partial charge in [-0.05, 0) is 59.7 Å². The van der Waals surface area contributed by atoms with Crippen molar-refractivity contribution < 1.29 is 0 Å². The van der Waals surface area contributed by atoms with Gasteiger partial charge < -0.3 is 5.32 Å². The van der Waals surface area contributed by atoms with Crippen molar-refractivity contribution >= 4 is 26.7 Å². The highest BCUT2D eigenvalue weighted by Gasteiger charge is 2.26. The number of benzene rings is 2. The van der Waals surface area contributed by atoms with Crippen LogP contribution >= 0.6 is 15.9 Å². The van der Waals surface area contributed by atoms with E-state index < -0.39 is 0 Å². The van der Waals surface area contributed by atoms with Crippen LogP contribution in [-0.2, 0) is 0 Å². The molecule has 0 saturated heterocycles. The molecule has 20 heavy (non-hydrogen) atoms. The molecule has 0 bridgehead atoms. The third-order valence-corrected chi connectivity index (χ3v) is 5.12. The molecule has 0 aliphatic heterocycles. The minimum atomic E-state index is 0.516. The van der Waals surface area contributed by atoms with E-state index in [0.29, 0.717) is 12.0 Å². The van der Waals surface area contributed by atoms with Gasteiger partial charge in [0, 0.05) is 10.5 Å². The van der Waals surface area contributed by atoms with E-state index in [4.69, 9.17) is 0 Å². The van der Waals surface area contributed by atoms with Gasteiger partial charge in [-0.25, -0.2) is 0 Å². The Kier molecular flexibility index (Phi) is 4.13. The van der Waals surface area contributed by atoms with Crippen LogP contribution in [0.15, 0.2) is 34.8 Å². The van der Waals surface area contributed by atoms with Gasteiger partial charge in [-0.2, -0.15) is 0 Å². The van der Waals surface area contributed by atoms with E-state index in [1.165, 1.54) is 40.1 Å². The average Bonchev–Trinajstić information content (AvgIpc) is 2.47. The van der Waals surface area contributed by atoms with Crippen LogP contribution in [0.25, 0.3) is 10.8 Å². The first-order valence-corrected chi connectivity index (χ1v) is 8.46.